The number of rotatable bonds is 12. The summed E-state index contributed by atoms with van der Waals surface area (Å²) in [5.41, 5.74) is 0.494. The molecule has 186 valence electrons. The van der Waals surface area contributed by atoms with Gasteiger partial charge in [0.15, 0.2) is 11.5 Å². The molecule has 0 aromatic heterocycles. The number of likely N-dealkylation sites (N-methyl/N-ethyl adjacent to an activating group) is 3. The Bertz CT molecular complexity index is 771. The molecule has 0 radical (unpaired) electrons. The Morgan fingerprint density at radius 1 is 1.09 bits per heavy atom. The summed E-state index contributed by atoms with van der Waals surface area (Å²) in [6.45, 7) is 7.20. The molecule has 0 spiro atoms. The van der Waals surface area contributed by atoms with Gasteiger partial charge >= 0.3 is 11.8 Å². The van der Waals surface area contributed by atoms with E-state index in [4.69, 9.17) is 9.47 Å². The summed E-state index contributed by atoms with van der Waals surface area (Å²) in [6.07, 6.45) is 2.18. The lowest BCUT2D eigenvalue weighted by Gasteiger charge is -2.30. The van der Waals surface area contributed by atoms with E-state index in [1.54, 1.807) is 30.2 Å². The molecule has 2 rings (SSSR count). The van der Waals surface area contributed by atoms with Crippen molar-refractivity contribution >= 4 is 17.5 Å². The number of amides is 2. The molecule has 1 heterocycles. The lowest BCUT2D eigenvalue weighted by atomic mass is 10.2. The molecule has 2 amide bonds. The Balaban J connectivity index is 2.05. The van der Waals surface area contributed by atoms with Gasteiger partial charge in [0, 0.05) is 44.0 Å². The number of carbonyl (C=O) groups excluding carboxylic acids is 2. The van der Waals surface area contributed by atoms with Crippen LogP contribution in [0.3, 0.4) is 0 Å². The van der Waals surface area contributed by atoms with Crippen LogP contribution in [-0.2, 0) is 9.59 Å². The number of nitrogens with one attached hydrogen (secondary N) is 1. The molecule has 1 unspecified atom stereocenters. The van der Waals surface area contributed by atoms with Crippen molar-refractivity contribution in [3.63, 3.8) is 0 Å². The highest BCUT2D eigenvalue weighted by molar-refractivity contribution is 6.39. The van der Waals surface area contributed by atoms with Gasteiger partial charge in [-0.2, -0.15) is 0 Å². The van der Waals surface area contributed by atoms with Crippen LogP contribution in [0.1, 0.15) is 19.8 Å². The number of methoxy groups -OCH3 is 1. The topological polar surface area (TPSA) is 77.6 Å². The number of ether oxygens (including phenoxy) is 2. The zero-order valence-corrected chi connectivity index (χ0v) is 21.1. The molecular weight excluding hydrogens is 422 g/mol. The predicted molar refractivity (Wildman–Crippen MR) is 131 cm³/mol. The molecule has 9 nitrogen and oxygen atoms in total. The van der Waals surface area contributed by atoms with Crippen LogP contribution in [-0.4, -0.2) is 119 Å². The first-order valence-electron chi connectivity index (χ1n) is 11.7. The monoisotopic (exact) mass is 463 g/mol. The lowest BCUT2D eigenvalue weighted by molar-refractivity contribution is -0.143. The fraction of sp³-hybridized carbons (Fsp3) is 0.667. The molecule has 1 N–H and O–H groups in total. The second kappa shape index (κ2) is 13.4. The number of likely N-dealkylation sites (tertiary alicyclic amines) is 1. The van der Waals surface area contributed by atoms with Gasteiger partial charge in [-0.25, -0.2) is 0 Å². The van der Waals surface area contributed by atoms with Crippen LogP contribution in [0.25, 0.3) is 0 Å². The predicted octanol–water partition coefficient (Wildman–Crippen LogP) is 1.45. The van der Waals surface area contributed by atoms with E-state index in [1.807, 2.05) is 38.0 Å². The molecule has 1 fully saturated rings. The Morgan fingerprint density at radius 3 is 2.45 bits per heavy atom. The average molecular weight is 464 g/mol. The second-order valence-electron chi connectivity index (χ2n) is 8.95. The second-order valence-corrected chi connectivity index (χ2v) is 8.95. The molecule has 0 bridgehead atoms. The van der Waals surface area contributed by atoms with Gasteiger partial charge in [-0.1, -0.05) is 6.92 Å². The number of carbonyl (C=O) groups is 2. The third-order valence-electron chi connectivity index (χ3n) is 5.85. The number of nitrogens with zero attached hydrogens (tertiary/aromatic N) is 4. The molecule has 1 aromatic carbocycles. The van der Waals surface area contributed by atoms with Crippen molar-refractivity contribution in [2.24, 2.45) is 0 Å². The van der Waals surface area contributed by atoms with Gasteiger partial charge < -0.3 is 29.5 Å². The zero-order chi connectivity index (χ0) is 24.4. The van der Waals surface area contributed by atoms with E-state index in [1.165, 1.54) is 0 Å². The minimum Gasteiger partial charge on any atom is -0.493 e. The van der Waals surface area contributed by atoms with Crippen molar-refractivity contribution < 1.29 is 19.1 Å². The molecule has 33 heavy (non-hydrogen) atoms. The average Bonchev–Trinajstić information content (AvgIpc) is 3.23. The summed E-state index contributed by atoms with van der Waals surface area (Å²) in [6, 6.07) is 5.44. The Morgan fingerprint density at radius 2 is 1.82 bits per heavy atom. The standard InChI is InChI=1S/C24H41N5O4/c1-7-28-12-8-9-20(28)18-29(14-13-26(2)3)24(31)23(30)25-19-10-11-21(22(17-19)32-6)33-16-15-27(4)5/h10-11,17,20H,7-9,12-16,18H2,1-6H3,(H,25,30). The van der Waals surface area contributed by atoms with Crippen LogP contribution >= 0.6 is 0 Å². The fourth-order valence-electron chi connectivity index (χ4n) is 3.90. The summed E-state index contributed by atoms with van der Waals surface area (Å²) in [7, 11) is 9.43. The number of hydrogen-bond acceptors (Lipinski definition) is 7. The van der Waals surface area contributed by atoms with Crippen molar-refractivity contribution in [2.75, 3.05) is 86.5 Å². The molecule has 1 atom stereocenters. The lowest BCUT2D eigenvalue weighted by Crippen LogP contribution is -2.48. The van der Waals surface area contributed by atoms with Crippen LogP contribution in [0, 0.1) is 0 Å². The van der Waals surface area contributed by atoms with Gasteiger partial charge in [0.05, 0.1) is 7.11 Å². The molecule has 1 aliphatic rings. The first kappa shape index (κ1) is 26.9. The molecular formula is C24H41N5O4. The number of anilines is 1. The van der Waals surface area contributed by atoms with Crippen LogP contribution < -0.4 is 14.8 Å². The maximum Gasteiger partial charge on any atom is 0.313 e. The normalized spacial score (nSPS) is 16.3. The van der Waals surface area contributed by atoms with Crippen LogP contribution in [0.2, 0.25) is 0 Å². The minimum atomic E-state index is -0.641. The van der Waals surface area contributed by atoms with Crippen molar-refractivity contribution in [1.29, 1.82) is 0 Å². The van der Waals surface area contributed by atoms with Gasteiger partial charge in [-0.3, -0.25) is 14.5 Å². The minimum absolute atomic E-state index is 0.299. The van der Waals surface area contributed by atoms with Crippen molar-refractivity contribution in [1.82, 2.24) is 19.6 Å². The molecule has 1 aliphatic heterocycles. The maximum absolute atomic E-state index is 13.1. The molecule has 1 aromatic rings. The van der Waals surface area contributed by atoms with Crippen LogP contribution in [0.4, 0.5) is 5.69 Å². The van der Waals surface area contributed by atoms with Crippen molar-refractivity contribution in [3.8, 4) is 11.5 Å². The van der Waals surface area contributed by atoms with Gasteiger partial charge in [0.25, 0.3) is 0 Å². The Kier molecular flexibility index (Phi) is 10.9. The van der Waals surface area contributed by atoms with Gasteiger partial charge in [0.2, 0.25) is 0 Å². The van der Waals surface area contributed by atoms with Gasteiger partial charge in [-0.05, 0) is 66.3 Å². The van der Waals surface area contributed by atoms with E-state index in [0.717, 1.165) is 32.5 Å². The highest BCUT2D eigenvalue weighted by Crippen LogP contribution is 2.30. The third kappa shape index (κ3) is 8.49. The van der Waals surface area contributed by atoms with E-state index in [9.17, 15) is 9.59 Å². The molecule has 9 heteroatoms. The van der Waals surface area contributed by atoms with Crippen molar-refractivity contribution in [2.45, 2.75) is 25.8 Å². The number of hydrogen-bond donors (Lipinski definition) is 1. The summed E-state index contributed by atoms with van der Waals surface area (Å²) in [5.74, 6) is -0.0478. The molecule has 1 saturated heterocycles. The quantitative estimate of drug-likeness (QED) is 0.470. The summed E-state index contributed by atoms with van der Waals surface area (Å²) < 4.78 is 11.2. The number of benzene rings is 1. The Hall–Kier alpha value is -2.36. The largest absolute Gasteiger partial charge is 0.493 e. The first-order valence-corrected chi connectivity index (χ1v) is 11.7. The van der Waals surface area contributed by atoms with E-state index < -0.39 is 11.8 Å². The third-order valence-corrected chi connectivity index (χ3v) is 5.85. The Labute approximate surface area is 198 Å². The highest BCUT2D eigenvalue weighted by Gasteiger charge is 2.29. The first-order chi connectivity index (χ1) is 15.7. The highest BCUT2D eigenvalue weighted by atomic mass is 16.5. The van der Waals surface area contributed by atoms with E-state index in [2.05, 4.69) is 17.1 Å². The van der Waals surface area contributed by atoms with E-state index in [0.29, 0.717) is 49.5 Å². The molecule has 0 aliphatic carbocycles. The van der Waals surface area contributed by atoms with Crippen molar-refractivity contribution in [3.05, 3.63) is 18.2 Å². The van der Waals surface area contributed by atoms with Gasteiger partial charge in [-0.15, -0.1) is 0 Å². The molecule has 0 saturated carbocycles. The zero-order valence-electron chi connectivity index (χ0n) is 21.1. The van der Waals surface area contributed by atoms with E-state index in [-0.39, 0.29) is 0 Å². The SMILES string of the molecule is CCN1CCCC1CN(CCN(C)C)C(=O)C(=O)Nc1ccc(OCCN(C)C)c(OC)c1. The van der Waals surface area contributed by atoms with Crippen LogP contribution in [0.5, 0.6) is 11.5 Å². The summed E-state index contributed by atoms with van der Waals surface area (Å²) >= 11 is 0. The summed E-state index contributed by atoms with van der Waals surface area (Å²) in [4.78, 5) is 34.0. The smallest absolute Gasteiger partial charge is 0.313 e. The fourth-order valence-corrected chi connectivity index (χ4v) is 3.90. The van der Waals surface area contributed by atoms with Gasteiger partial charge in [0.1, 0.15) is 6.61 Å². The van der Waals surface area contributed by atoms with E-state index >= 15 is 0 Å². The van der Waals surface area contributed by atoms with Crippen LogP contribution in [0.15, 0.2) is 18.2 Å². The maximum atomic E-state index is 13.1. The summed E-state index contributed by atoms with van der Waals surface area (Å²) in [5, 5.41) is 2.74.